The fourth-order valence-corrected chi connectivity index (χ4v) is 1.92. The minimum atomic E-state index is -1.24. The number of rotatable bonds is 3. The largest absolute Gasteiger partial charge is 0.530 e. The maximum Gasteiger partial charge on any atom is 0.141 e. The first-order valence-electron chi connectivity index (χ1n) is 5.25. The zero-order chi connectivity index (χ0) is 12.3. The molecule has 0 aromatic heterocycles. The Bertz CT molecular complexity index is 542. The lowest BCUT2D eigenvalue weighted by Gasteiger charge is -2.24. The zero-order valence-corrected chi connectivity index (χ0v) is 9.85. The predicted octanol–water partition coefficient (Wildman–Crippen LogP) is 2.23. The van der Waals surface area contributed by atoms with Gasteiger partial charge in [-0.05, 0) is 22.9 Å². The number of carbonyl (C=O) groups excluding carboxylic acids is 1. The number of fused-ring (bicyclic) bond motifs is 1. The maximum atomic E-state index is 11.0. The monoisotopic (exact) mass is 248 g/mol. The van der Waals surface area contributed by atoms with Crippen molar-refractivity contribution in [2.24, 2.45) is 0 Å². The highest BCUT2D eigenvalue weighted by atomic mass is 35.5. The Kier molecular flexibility index (Phi) is 3.49. The van der Waals surface area contributed by atoms with Gasteiger partial charge in [-0.3, -0.25) is 0 Å². The van der Waals surface area contributed by atoms with Crippen LogP contribution in [0.25, 0.3) is 10.8 Å². The van der Waals surface area contributed by atoms with Gasteiger partial charge in [-0.2, -0.15) is 0 Å². The molecule has 88 valence electrons. The summed E-state index contributed by atoms with van der Waals surface area (Å²) in [5, 5.41) is 13.0. The molecular weight excluding hydrogens is 238 g/mol. The van der Waals surface area contributed by atoms with Gasteiger partial charge in [-0.1, -0.05) is 30.3 Å². The number of hydrogen-bond acceptors (Lipinski definition) is 2. The Morgan fingerprint density at radius 2 is 1.88 bits per heavy atom. The molecule has 3 nitrogen and oxygen atoms in total. The third kappa shape index (κ3) is 2.50. The highest BCUT2D eigenvalue weighted by Gasteiger charge is 2.07. The van der Waals surface area contributed by atoms with Gasteiger partial charge in [0.1, 0.15) is 6.09 Å². The molecule has 0 fully saturated rings. The fourth-order valence-electron chi connectivity index (χ4n) is 1.75. The first-order valence-corrected chi connectivity index (χ1v) is 5.79. The highest BCUT2D eigenvalue weighted by molar-refractivity contribution is 6.18. The summed E-state index contributed by atoms with van der Waals surface area (Å²) < 4.78 is 0. The zero-order valence-electron chi connectivity index (χ0n) is 9.10. The number of halogens is 1. The predicted molar refractivity (Wildman–Crippen MR) is 67.4 cm³/mol. The quantitative estimate of drug-likeness (QED) is 0.782. The normalized spacial score (nSPS) is 10.4. The average molecular weight is 249 g/mol. The molecule has 0 N–H and O–H groups in total. The van der Waals surface area contributed by atoms with E-state index in [9.17, 15) is 9.90 Å². The van der Waals surface area contributed by atoms with Crippen LogP contribution in [0.5, 0.6) is 0 Å². The summed E-state index contributed by atoms with van der Waals surface area (Å²) >= 11 is 5.58. The molecule has 0 spiro atoms. The van der Waals surface area contributed by atoms with Crippen LogP contribution in [-0.4, -0.2) is 18.5 Å². The number of hydrogen-bond donors (Lipinski definition) is 0. The molecule has 1 amide bonds. The molecule has 0 atom stereocenters. The van der Waals surface area contributed by atoms with Crippen molar-refractivity contribution in [3.05, 3.63) is 42.5 Å². The van der Waals surface area contributed by atoms with Gasteiger partial charge in [0.2, 0.25) is 0 Å². The second-order valence-electron chi connectivity index (χ2n) is 3.64. The van der Waals surface area contributed by atoms with Crippen LogP contribution in [0, 0.1) is 0 Å². The van der Waals surface area contributed by atoms with Crippen LogP contribution in [0.4, 0.5) is 10.5 Å². The molecule has 4 heteroatoms. The summed E-state index contributed by atoms with van der Waals surface area (Å²) in [7, 11) is 0. The SMILES string of the molecule is O=C([O-])N(CCCl)c1ccc2ccccc2c1. The molecule has 0 aliphatic carbocycles. The lowest BCUT2D eigenvalue weighted by atomic mass is 10.1. The van der Waals surface area contributed by atoms with E-state index in [1.54, 1.807) is 6.07 Å². The van der Waals surface area contributed by atoms with Gasteiger partial charge in [0.15, 0.2) is 0 Å². The molecule has 2 aromatic carbocycles. The van der Waals surface area contributed by atoms with Crippen LogP contribution in [0.2, 0.25) is 0 Å². The average Bonchev–Trinajstić information content (AvgIpc) is 2.35. The number of carboxylic acid groups (broad SMARTS) is 1. The van der Waals surface area contributed by atoms with Crippen molar-refractivity contribution in [2.75, 3.05) is 17.3 Å². The van der Waals surface area contributed by atoms with E-state index in [2.05, 4.69) is 0 Å². The van der Waals surface area contributed by atoms with Crippen molar-refractivity contribution in [1.29, 1.82) is 0 Å². The van der Waals surface area contributed by atoms with Gasteiger partial charge >= 0.3 is 0 Å². The van der Waals surface area contributed by atoms with Crippen molar-refractivity contribution >= 4 is 34.2 Å². The van der Waals surface area contributed by atoms with E-state index in [0.717, 1.165) is 15.7 Å². The van der Waals surface area contributed by atoms with Gasteiger partial charge in [-0.15, -0.1) is 11.6 Å². The third-order valence-corrected chi connectivity index (χ3v) is 2.74. The Balaban J connectivity index is 2.43. The number of carbonyl (C=O) groups is 1. The van der Waals surface area contributed by atoms with Crippen molar-refractivity contribution < 1.29 is 9.90 Å². The van der Waals surface area contributed by atoms with Gasteiger partial charge in [0.05, 0.1) is 0 Å². The number of alkyl halides is 1. The van der Waals surface area contributed by atoms with Gasteiger partial charge in [0.25, 0.3) is 0 Å². The van der Waals surface area contributed by atoms with Crippen molar-refractivity contribution in [2.45, 2.75) is 0 Å². The van der Waals surface area contributed by atoms with Crippen molar-refractivity contribution in [3.63, 3.8) is 0 Å². The second kappa shape index (κ2) is 5.06. The molecule has 0 saturated carbocycles. The second-order valence-corrected chi connectivity index (χ2v) is 4.02. The molecular formula is C13H11ClNO2-. The fraction of sp³-hybridized carbons (Fsp3) is 0.154. The van der Waals surface area contributed by atoms with Crippen LogP contribution >= 0.6 is 11.6 Å². The summed E-state index contributed by atoms with van der Waals surface area (Å²) in [4.78, 5) is 12.1. The Hall–Kier alpha value is -1.74. The first kappa shape index (κ1) is 11.7. The van der Waals surface area contributed by atoms with Crippen molar-refractivity contribution in [3.8, 4) is 0 Å². The van der Waals surface area contributed by atoms with Crippen molar-refractivity contribution in [1.82, 2.24) is 0 Å². The van der Waals surface area contributed by atoms with Crippen LogP contribution in [0.15, 0.2) is 42.5 Å². The molecule has 0 radical (unpaired) electrons. The minimum absolute atomic E-state index is 0.224. The van der Waals surface area contributed by atoms with Crippen LogP contribution in [0.3, 0.4) is 0 Å². The summed E-state index contributed by atoms with van der Waals surface area (Å²) in [5.74, 6) is 0.237. The van der Waals surface area contributed by atoms with Gasteiger partial charge in [0, 0.05) is 18.1 Å². The minimum Gasteiger partial charge on any atom is -0.530 e. The van der Waals surface area contributed by atoms with E-state index in [1.165, 1.54) is 0 Å². The molecule has 0 saturated heterocycles. The number of amides is 1. The van der Waals surface area contributed by atoms with E-state index >= 15 is 0 Å². The summed E-state index contributed by atoms with van der Waals surface area (Å²) in [6.07, 6.45) is -1.24. The lowest BCUT2D eigenvalue weighted by Crippen LogP contribution is -2.42. The molecule has 0 bridgehead atoms. The van der Waals surface area contributed by atoms with Gasteiger partial charge in [-0.25, -0.2) is 0 Å². The molecule has 0 aliphatic rings. The Labute approximate surface area is 104 Å². The smallest absolute Gasteiger partial charge is 0.141 e. The van der Waals surface area contributed by atoms with E-state index in [0.29, 0.717) is 5.69 Å². The molecule has 0 unspecified atom stereocenters. The molecule has 17 heavy (non-hydrogen) atoms. The molecule has 2 rings (SSSR count). The van der Waals surface area contributed by atoms with Crippen LogP contribution in [-0.2, 0) is 0 Å². The molecule has 0 heterocycles. The summed E-state index contributed by atoms with van der Waals surface area (Å²) in [6.45, 7) is 0.224. The van der Waals surface area contributed by atoms with E-state index in [-0.39, 0.29) is 12.4 Å². The van der Waals surface area contributed by atoms with E-state index < -0.39 is 6.09 Å². The van der Waals surface area contributed by atoms with E-state index in [1.807, 2.05) is 36.4 Å². The Morgan fingerprint density at radius 1 is 1.18 bits per heavy atom. The summed E-state index contributed by atoms with van der Waals surface area (Å²) in [5.41, 5.74) is 0.587. The van der Waals surface area contributed by atoms with Gasteiger partial charge < -0.3 is 14.8 Å². The molecule has 0 aliphatic heterocycles. The topological polar surface area (TPSA) is 43.4 Å². The van der Waals surface area contributed by atoms with Crippen LogP contribution in [0.1, 0.15) is 0 Å². The number of nitrogens with zero attached hydrogens (tertiary/aromatic N) is 1. The number of anilines is 1. The first-order chi connectivity index (χ1) is 8.22. The van der Waals surface area contributed by atoms with Crippen LogP contribution < -0.4 is 10.0 Å². The maximum absolute atomic E-state index is 11.0. The third-order valence-electron chi connectivity index (χ3n) is 2.57. The standard InChI is InChI=1S/C13H12ClNO2/c14-7-8-15(13(16)17)12-6-5-10-3-1-2-4-11(10)9-12/h1-6,9H,7-8H2,(H,16,17)/p-1. The molecule has 2 aromatic rings. The Morgan fingerprint density at radius 3 is 2.53 bits per heavy atom. The summed E-state index contributed by atoms with van der Waals surface area (Å²) in [6, 6.07) is 13.2. The van der Waals surface area contributed by atoms with E-state index in [4.69, 9.17) is 11.6 Å². The number of benzene rings is 2. The highest BCUT2D eigenvalue weighted by Crippen LogP contribution is 2.21. The lowest BCUT2D eigenvalue weighted by molar-refractivity contribution is -0.246.